The molecule has 1 unspecified atom stereocenters. The molecule has 0 saturated carbocycles. The van der Waals surface area contributed by atoms with Gasteiger partial charge in [0.1, 0.15) is 11.5 Å². The number of fused-ring (bicyclic) bond motifs is 1. The number of carbonyl (C=O) groups is 1. The topological polar surface area (TPSA) is 72.5 Å². The molecule has 2 N–H and O–H groups in total. The first-order valence-electron chi connectivity index (χ1n) is 9.60. The lowest BCUT2D eigenvalue weighted by Gasteiger charge is -2.15. The van der Waals surface area contributed by atoms with Crippen LogP contribution in [0.1, 0.15) is 29.2 Å². The van der Waals surface area contributed by atoms with E-state index in [1.54, 1.807) is 13.3 Å². The van der Waals surface area contributed by atoms with Gasteiger partial charge in [-0.25, -0.2) is 9.78 Å². The van der Waals surface area contributed by atoms with E-state index in [1.165, 1.54) is 11.1 Å². The zero-order valence-electron chi connectivity index (χ0n) is 16.2. The molecule has 0 aliphatic heterocycles. The van der Waals surface area contributed by atoms with E-state index in [9.17, 15) is 4.79 Å². The second-order valence-electron chi connectivity index (χ2n) is 6.90. The van der Waals surface area contributed by atoms with Gasteiger partial charge in [0.15, 0.2) is 0 Å². The Bertz CT molecular complexity index is 989. The van der Waals surface area contributed by atoms with Crippen LogP contribution >= 0.6 is 0 Å². The number of urea groups is 1. The van der Waals surface area contributed by atoms with E-state index >= 15 is 0 Å². The van der Waals surface area contributed by atoms with Gasteiger partial charge < -0.3 is 20.1 Å². The minimum Gasteiger partial charge on any atom is -0.497 e. The number of aryl methyl sites for hydroxylation is 1. The summed E-state index contributed by atoms with van der Waals surface area (Å²) in [6, 6.07) is 19.1. The average molecular weight is 389 g/mol. The lowest BCUT2D eigenvalue weighted by atomic mass is 10.1. The summed E-state index contributed by atoms with van der Waals surface area (Å²) in [6.07, 6.45) is 3.60. The van der Waals surface area contributed by atoms with E-state index in [2.05, 4.69) is 27.8 Å². The lowest BCUT2D eigenvalue weighted by Crippen LogP contribution is -2.36. The van der Waals surface area contributed by atoms with Crippen LogP contribution in [0.25, 0.3) is 0 Å². The molecule has 0 spiro atoms. The number of nitrogens with zero attached hydrogens (tertiary/aromatic N) is 1. The van der Waals surface area contributed by atoms with Crippen LogP contribution in [0.3, 0.4) is 0 Å². The standard InChI is InChI=1S/C23H23N3O3/c1-28-18-7-9-19(10-8-18)29-22-14-16(12-13-24-22)15-25-23(27)26-21-11-6-17-4-2-3-5-20(17)21/h2-5,7-10,12-14,21H,6,11,15H2,1H3,(H2,25,26,27). The van der Waals surface area contributed by atoms with Crippen molar-refractivity contribution < 1.29 is 14.3 Å². The molecule has 2 amide bonds. The Morgan fingerprint density at radius 2 is 1.90 bits per heavy atom. The highest BCUT2D eigenvalue weighted by atomic mass is 16.5. The number of ether oxygens (including phenoxy) is 2. The summed E-state index contributed by atoms with van der Waals surface area (Å²) in [5, 5.41) is 5.97. The second-order valence-corrected chi connectivity index (χ2v) is 6.90. The Kier molecular flexibility index (Phi) is 5.61. The largest absolute Gasteiger partial charge is 0.497 e. The van der Waals surface area contributed by atoms with Crippen LogP contribution in [0.2, 0.25) is 0 Å². The quantitative estimate of drug-likeness (QED) is 0.657. The first-order chi connectivity index (χ1) is 14.2. The molecule has 1 atom stereocenters. The molecular formula is C23H23N3O3. The summed E-state index contributed by atoms with van der Waals surface area (Å²) < 4.78 is 10.9. The molecule has 1 aliphatic rings. The Morgan fingerprint density at radius 3 is 2.72 bits per heavy atom. The molecule has 4 rings (SSSR count). The molecule has 2 aromatic carbocycles. The Labute approximate surface area is 169 Å². The van der Waals surface area contributed by atoms with Gasteiger partial charge in [-0.15, -0.1) is 0 Å². The number of hydrogen-bond acceptors (Lipinski definition) is 4. The van der Waals surface area contributed by atoms with Gasteiger partial charge in [0.05, 0.1) is 13.2 Å². The maximum atomic E-state index is 12.3. The third-order valence-electron chi connectivity index (χ3n) is 4.97. The van der Waals surface area contributed by atoms with E-state index in [-0.39, 0.29) is 12.1 Å². The molecule has 0 fully saturated rings. The fraction of sp³-hybridized carbons (Fsp3) is 0.217. The number of methoxy groups -OCH3 is 1. The molecule has 0 radical (unpaired) electrons. The fourth-order valence-electron chi connectivity index (χ4n) is 3.48. The molecule has 148 valence electrons. The van der Waals surface area contributed by atoms with E-state index in [0.717, 1.165) is 24.2 Å². The number of rotatable bonds is 6. The zero-order valence-corrected chi connectivity index (χ0v) is 16.2. The number of pyridine rings is 1. The molecule has 0 saturated heterocycles. The predicted octanol–water partition coefficient (Wildman–Crippen LogP) is 4.37. The normalized spacial score (nSPS) is 14.7. The van der Waals surface area contributed by atoms with Gasteiger partial charge in [0.2, 0.25) is 5.88 Å². The zero-order chi connectivity index (χ0) is 20.1. The highest BCUT2D eigenvalue weighted by molar-refractivity contribution is 5.74. The molecule has 3 aromatic rings. The van der Waals surface area contributed by atoms with Crippen LogP contribution in [0, 0.1) is 0 Å². The lowest BCUT2D eigenvalue weighted by molar-refractivity contribution is 0.236. The number of nitrogens with one attached hydrogen (secondary N) is 2. The van der Waals surface area contributed by atoms with E-state index in [4.69, 9.17) is 9.47 Å². The minimum absolute atomic E-state index is 0.0672. The molecule has 29 heavy (non-hydrogen) atoms. The van der Waals surface area contributed by atoms with Gasteiger partial charge in [-0.05, 0) is 59.9 Å². The van der Waals surface area contributed by atoms with Crippen LogP contribution < -0.4 is 20.1 Å². The van der Waals surface area contributed by atoms with Crippen molar-refractivity contribution in [3.05, 3.63) is 83.6 Å². The molecular weight excluding hydrogens is 366 g/mol. The van der Waals surface area contributed by atoms with Crippen LogP contribution in [0.4, 0.5) is 4.79 Å². The maximum absolute atomic E-state index is 12.3. The van der Waals surface area contributed by atoms with E-state index < -0.39 is 0 Å². The van der Waals surface area contributed by atoms with Crippen molar-refractivity contribution in [2.75, 3.05) is 7.11 Å². The van der Waals surface area contributed by atoms with Gasteiger partial charge in [-0.2, -0.15) is 0 Å². The maximum Gasteiger partial charge on any atom is 0.315 e. The highest BCUT2D eigenvalue weighted by Crippen LogP contribution is 2.30. The van der Waals surface area contributed by atoms with Gasteiger partial charge in [-0.3, -0.25) is 0 Å². The highest BCUT2D eigenvalue weighted by Gasteiger charge is 2.23. The third kappa shape index (κ3) is 4.66. The Balaban J connectivity index is 1.31. The van der Waals surface area contributed by atoms with Crippen LogP contribution in [0.5, 0.6) is 17.4 Å². The van der Waals surface area contributed by atoms with Gasteiger partial charge in [0, 0.05) is 18.8 Å². The summed E-state index contributed by atoms with van der Waals surface area (Å²) in [7, 11) is 1.62. The third-order valence-corrected chi connectivity index (χ3v) is 4.97. The Morgan fingerprint density at radius 1 is 1.10 bits per heavy atom. The van der Waals surface area contributed by atoms with Crippen LogP contribution in [-0.2, 0) is 13.0 Å². The SMILES string of the molecule is COc1ccc(Oc2cc(CNC(=O)NC3CCc4ccccc43)ccn2)cc1. The average Bonchev–Trinajstić information content (AvgIpc) is 3.16. The van der Waals surface area contributed by atoms with E-state index in [1.807, 2.05) is 48.5 Å². The van der Waals surface area contributed by atoms with Gasteiger partial charge in [0.25, 0.3) is 0 Å². The molecule has 0 bridgehead atoms. The summed E-state index contributed by atoms with van der Waals surface area (Å²) in [5.74, 6) is 1.90. The number of carbonyl (C=O) groups excluding carboxylic acids is 1. The van der Waals surface area contributed by atoms with Crippen molar-refractivity contribution in [1.82, 2.24) is 15.6 Å². The first kappa shape index (κ1) is 18.8. The molecule has 6 nitrogen and oxygen atoms in total. The van der Waals surface area contributed by atoms with Crippen molar-refractivity contribution in [2.45, 2.75) is 25.4 Å². The summed E-state index contributed by atoms with van der Waals surface area (Å²) in [6.45, 7) is 0.391. The van der Waals surface area contributed by atoms with Crippen molar-refractivity contribution in [1.29, 1.82) is 0 Å². The van der Waals surface area contributed by atoms with Crippen molar-refractivity contribution in [2.24, 2.45) is 0 Å². The molecule has 6 heteroatoms. The smallest absolute Gasteiger partial charge is 0.315 e. The Hall–Kier alpha value is -3.54. The van der Waals surface area contributed by atoms with E-state index in [0.29, 0.717) is 18.2 Å². The molecule has 1 aliphatic carbocycles. The number of aromatic nitrogens is 1. The van der Waals surface area contributed by atoms with Crippen molar-refractivity contribution in [3.63, 3.8) is 0 Å². The van der Waals surface area contributed by atoms with Crippen molar-refractivity contribution >= 4 is 6.03 Å². The summed E-state index contributed by atoms with van der Waals surface area (Å²) in [5.41, 5.74) is 3.43. The second kappa shape index (κ2) is 8.65. The first-order valence-corrected chi connectivity index (χ1v) is 9.60. The summed E-state index contributed by atoms with van der Waals surface area (Å²) >= 11 is 0. The minimum atomic E-state index is -0.180. The molecule has 1 heterocycles. The van der Waals surface area contributed by atoms with Crippen molar-refractivity contribution in [3.8, 4) is 17.4 Å². The van der Waals surface area contributed by atoms with Crippen LogP contribution in [-0.4, -0.2) is 18.1 Å². The van der Waals surface area contributed by atoms with Crippen LogP contribution in [0.15, 0.2) is 66.9 Å². The number of amides is 2. The van der Waals surface area contributed by atoms with Gasteiger partial charge >= 0.3 is 6.03 Å². The predicted molar refractivity (Wildman–Crippen MR) is 110 cm³/mol. The summed E-state index contributed by atoms with van der Waals surface area (Å²) in [4.78, 5) is 16.6. The number of benzene rings is 2. The number of hydrogen-bond donors (Lipinski definition) is 2. The van der Waals surface area contributed by atoms with Gasteiger partial charge in [-0.1, -0.05) is 24.3 Å². The molecule has 1 aromatic heterocycles. The monoisotopic (exact) mass is 389 g/mol. The fourth-order valence-corrected chi connectivity index (χ4v) is 3.48.